The number of carbonyl (C=O) groups excluding carboxylic acids is 1. The van der Waals surface area contributed by atoms with Crippen LogP contribution in [0.15, 0.2) is 18.3 Å². The molecular formula is C15H18N2O2S. The van der Waals surface area contributed by atoms with E-state index < -0.39 is 0 Å². The Labute approximate surface area is 122 Å². The largest absolute Gasteiger partial charge is 0.465 e. The number of methoxy groups -OCH3 is 1. The Morgan fingerprint density at radius 1 is 1.45 bits per heavy atom. The van der Waals surface area contributed by atoms with Gasteiger partial charge in [-0.15, -0.1) is 0 Å². The van der Waals surface area contributed by atoms with Crippen molar-refractivity contribution in [2.75, 3.05) is 24.2 Å². The molecule has 5 heteroatoms. The summed E-state index contributed by atoms with van der Waals surface area (Å²) in [6.45, 7) is 3.02. The van der Waals surface area contributed by atoms with E-state index >= 15 is 0 Å². The maximum absolute atomic E-state index is 11.9. The molecule has 0 unspecified atom stereocenters. The Morgan fingerprint density at radius 2 is 2.25 bits per heavy atom. The zero-order valence-corrected chi connectivity index (χ0v) is 12.8. The van der Waals surface area contributed by atoms with E-state index in [9.17, 15) is 4.79 Å². The molecule has 0 aliphatic carbocycles. The SMILES string of the molecule is CCn1cc2c3c(cc(C(=O)OC)cc31)N(C)SCC2. The summed E-state index contributed by atoms with van der Waals surface area (Å²) in [7, 11) is 3.48. The highest BCUT2D eigenvalue weighted by Gasteiger charge is 2.21. The Balaban J connectivity index is 2.33. The molecule has 1 aliphatic rings. The van der Waals surface area contributed by atoms with Crippen molar-refractivity contribution in [3.63, 3.8) is 0 Å². The third-order valence-corrected chi connectivity index (χ3v) is 4.77. The van der Waals surface area contributed by atoms with Crippen molar-refractivity contribution in [3.8, 4) is 0 Å². The van der Waals surface area contributed by atoms with Gasteiger partial charge in [-0.05, 0) is 43.0 Å². The first-order valence-corrected chi connectivity index (χ1v) is 7.70. The van der Waals surface area contributed by atoms with Crippen LogP contribution in [0.5, 0.6) is 0 Å². The summed E-state index contributed by atoms with van der Waals surface area (Å²) in [5.74, 6) is 0.776. The predicted octanol–water partition coefficient (Wildman–Crippen LogP) is 3.09. The van der Waals surface area contributed by atoms with Gasteiger partial charge in [0.05, 0.1) is 23.9 Å². The minimum absolute atomic E-state index is 0.281. The van der Waals surface area contributed by atoms with Gasteiger partial charge < -0.3 is 13.6 Å². The van der Waals surface area contributed by atoms with Crippen LogP contribution in [0.1, 0.15) is 22.8 Å². The molecule has 106 valence electrons. The van der Waals surface area contributed by atoms with Crippen molar-refractivity contribution in [2.45, 2.75) is 19.9 Å². The number of hydrogen-bond donors (Lipinski definition) is 0. The molecule has 0 radical (unpaired) electrons. The number of ether oxygens (including phenoxy) is 1. The first-order valence-electron chi connectivity index (χ1n) is 6.76. The average Bonchev–Trinajstić information content (AvgIpc) is 2.74. The van der Waals surface area contributed by atoms with Crippen molar-refractivity contribution >= 4 is 34.5 Å². The summed E-state index contributed by atoms with van der Waals surface area (Å²) in [5, 5.41) is 1.27. The van der Waals surface area contributed by atoms with Crippen LogP contribution in [-0.2, 0) is 17.7 Å². The third-order valence-electron chi connectivity index (χ3n) is 3.80. The van der Waals surface area contributed by atoms with Crippen molar-refractivity contribution in [3.05, 3.63) is 29.5 Å². The lowest BCUT2D eigenvalue weighted by Gasteiger charge is -2.18. The number of anilines is 1. The van der Waals surface area contributed by atoms with E-state index in [1.54, 1.807) is 11.9 Å². The monoisotopic (exact) mass is 290 g/mol. The number of nitrogens with zero attached hydrogens (tertiary/aromatic N) is 2. The number of carbonyl (C=O) groups is 1. The second-order valence-corrected chi connectivity index (χ2v) is 6.12. The van der Waals surface area contributed by atoms with Crippen molar-refractivity contribution in [2.24, 2.45) is 0 Å². The summed E-state index contributed by atoms with van der Waals surface area (Å²) in [5.41, 5.74) is 4.20. The maximum atomic E-state index is 11.9. The second kappa shape index (κ2) is 5.05. The van der Waals surface area contributed by atoms with Crippen LogP contribution in [0, 0.1) is 0 Å². The van der Waals surface area contributed by atoms with E-state index in [-0.39, 0.29) is 5.97 Å². The maximum Gasteiger partial charge on any atom is 0.337 e. The number of esters is 1. The Kier molecular flexibility index (Phi) is 3.38. The number of benzene rings is 1. The molecule has 0 amide bonds. The van der Waals surface area contributed by atoms with E-state index in [1.165, 1.54) is 18.1 Å². The fourth-order valence-corrected chi connectivity index (χ4v) is 3.65. The Bertz CT molecular complexity index is 678. The van der Waals surface area contributed by atoms with E-state index in [0.717, 1.165) is 29.9 Å². The molecular weight excluding hydrogens is 272 g/mol. The molecule has 4 nitrogen and oxygen atoms in total. The fourth-order valence-electron chi connectivity index (χ4n) is 2.79. The highest BCUT2D eigenvalue weighted by atomic mass is 32.2. The van der Waals surface area contributed by atoms with Gasteiger partial charge in [0.25, 0.3) is 0 Å². The van der Waals surface area contributed by atoms with E-state index in [0.29, 0.717) is 5.56 Å². The second-order valence-electron chi connectivity index (χ2n) is 4.90. The molecule has 1 aromatic heterocycles. The van der Waals surface area contributed by atoms with Crippen LogP contribution >= 0.6 is 11.9 Å². The number of aromatic nitrogens is 1. The molecule has 2 heterocycles. The van der Waals surface area contributed by atoms with Crippen molar-refractivity contribution in [1.82, 2.24) is 4.57 Å². The van der Waals surface area contributed by atoms with Crippen molar-refractivity contribution in [1.29, 1.82) is 0 Å². The fraction of sp³-hybridized carbons (Fsp3) is 0.400. The molecule has 0 N–H and O–H groups in total. The van der Waals surface area contributed by atoms with Crippen LogP contribution in [0.25, 0.3) is 10.9 Å². The molecule has 0 saturated heterocycles. The highest BCUT2D eigenvalue weighted by Crippen LogP contribution is 2.38. The van der Waals surface area contributed by atoms with Gasteiger partial charge in [0.15, 0.2) is 0 Å². The lowest BCUT2D eigenvalue weighted by atomic mass is 10.1. The Morgan fingerprint density at radius 3 is 2.95 bits per heavy atom. The van der Waals surface area contributed by atoms with Crippen molar-refractivity contribution < 1.29 is 9.53 Å². The normalized spacial score (nSPS) is 14.4. The predicted molar refractivity (Wildman–Crippen MR) is 83.5 cm³/mol. The van der Waals surface area contributed by atoms with Crippen LogP contribution in [0.4, 0.5) is 5.69 Å². The van der Waals surface area contributed by atoms with Crippen LogP contribution in [0.3, 0.4) is 0 Å². The zero-order valence-electron chi connectivity index (χ0n) is 12.0. The van der Waals surface area contributed by atoms with Gasteiger partial charge in [-0.2, -0.15) is 0 Å². The average molecular weight is 290 g/mol. The lowest BCUT2D eigenvalue weighted by Crippen LogP contribution is -2.09. The zero-order chi connectivity index (χ0) is 14.3. The van der Waals surface area contributed by atoms with E-state index in [2.05, 4.69) is 29.0 Å². The number of rotatable bonds is 2. The Hall–Kier alpha value is -1.62. The summed E-state index contributed by atoms with van der Waals surface area (Å²) in [4.78, 5) is 11.9. The topological polar surface area (TPSA) is 34.5 Å². The highest BCUT2D eigenvalue weighted by molar-refractivity contribution is 8.00. The van der Waals surface area contributed by atoms with Gasteiger partial charge in [0.2, 0.25) is 0 Å². The van der Waals surface area contributed by atoms with Gasteiger partial charge in [-0.3, -0.25) is 0 Å². The van der Waals surface area contributed by atoms with Crippen LogP contribution < -0.4 is 4.31 Å². The van der Waals surface area contributed by atoms with Gasteiger partial charge in [0.1, 0.15) is 0 Å². The van der Waals surface area contributed by atoms with Gasteiger partial charge >= 0.3 is 5.97 Å². The summed E-state index contributed by atoms with van der Waals surface area (Å²) in [6, 6.07) is 3.89. The number of aryl methyl sites for hydroxylation is 2. The van der Waals surface area contributed by atoms with Crippen LogP contribution in [0.2, 0.25) is 0 Å². The quantitative estimate of drug-likeness (QED) is 0.629. The smallest absolute Gasteiger partial charge is 0.337 e. The van der Waals surface area contributed by atoms with Gasteiger partial charge in [0, 0.05) is 30.9 Å². The summed E-state index contributed by atoms with van der Waals surface area (Å²) < 4.78 is 9.25. The molecule has 0 bridgehead atoms. The standard InChI is InChI=1S/C15H18N2O2S/c1-4-17-9-10-5-6-20-16(2)12-7-11(15(18)19-3)8-13(17)14(10)12/h7-9H,4-6H2,1-3H3. The minimum atomic E-state index is -0.281. The lowest BCUT2D eigenvalue weighted by molar-refractivity contribution is 0.0601. The number of hydrogen-bond acceptors (Lipinski definition) is 4. The molecule has 0 spiro atoms. The van der Waals surface area contributed by atoms with E-state index in [1.807, 2.05) is 12.1 Å². The molecule has 0 fully saturated rings. The summed E-state index contributed by atoms with van der Waals surface area (Å²) >= 11 is 1.79. The molecule has 2 aromatic rings. The van der Waals surface area contributed by atoms with E-state index in [4.69, 9.17) is 4.74 Å². The first kappa shape index (κ1) is 13.4. The first-order chi connectivity index (χ1) is 9.65. The molecule has 20 heavy (non-hydrogen) atoms. The van der Waals surface area contributed by atoms with Gasteiger partial charge in [-0.25, -0.2) is 4.79 Å². The molecule has 0 atom stereocenters. The van der Waals surface area contributed by atoms with Gasteiger partial charge in [-0.1, -0.05) is 0 Å². The molecule has 1 aromatic carbocycles. The minimum Gasteiger partial charge on any atom is -0.465 e. The third kappa shape index (κ3) is 1.97. The molecule has 0 saturated carbocycles. The summed E-state index contributed by atoms with van der Waals surface area (Å²) in [6.07, 6.45) is 3.28. The molecule has 3 rings (SSSR count). The van der Waals surface area contributed by atoms with Crippen LogP contribution in [-0.4, -0.2) is 30.4 Å². The molecule has 1 aliphatic heterocycles.